The molecule has 5 nitrogen and oxygen atoms in total. The second kappa shape index (κ2) is 9.15. The van der Waals surface area contributed by atoms with Crippen molar-refractivity contribution >= 4 is 12.0 Å². The summed E-state index contributed by atoms with van der Waals surface area (Å²) in [4.78, 5) is 18.6. The highest BCUT2D eigenvalue weighted by Crippen LogP contribution is 2.09. The highest BCUT2D eigenvalue weighted by atomic mass is 16.5. The van der Waals surface area contributed by atoms with Crippen LogP contribution in [0.5, 0.6) is 0 Å². The Bertz CT molecular complexity index is 726. The molecule has 0 unspecified atom stereocenters. The molecule has 2 aromatic rings. The molecule has 0 aliphatic rings. The van der Waals surface area contributed by atoms with Crippen LogP contribution >= 0.6 is 0 Å². The summed E-state index contributed by atoms with van der Waals surface area (Å²) >= 11 is 0. The Morgan fingerprint density at radius 3 is 2.75 bits per heavy atom. The maximum Gasteiger partial charge on any atom is 0.354 e. The van der Waals surface area contributed by atoms with Crippen molar-refractivity contribution in [2.45, 2.75) is 13.3 Å². The van der Waals surface area contributed by atoms with E-state index in [-0.39, 0.29) is 12.3 Å². The number of carbonyl (C=O) groups is 1. The summed E-state index contributed by atoms with van der Waals surface area (Å²) in [6.45, 7) is 1.88. The molecule has 0 spiro atoms. The molecule has 0 aliphatic carbocycles. The zero-order valence-corrected chi connectivity index (χ0v) is 13.6. The summed E-state index contributed by atoms with van der Waals surface area (Å²) in [6.07, 6.45) is 13.3. The first kappa shape index (κ1) is 17.3. The summed E-state index contributed by atoms with van der Waals surface area (Å²) < 4.78 is 4.95. The standard InChI is InChI=1S/C19H21N3O2/c1-2-17(20)19(23)24-13-5-3-4-6-15-7-9-16(10-8-15)14-18-21-11-12-22-18/h2-12H,13-14,20H2,1H3,(H,21,22)/b5-3?,6-4?,17-2-. The lowest BCUT2D eigenvalue weighted by Gasteiger charge is -2.00. The number of carbonyl (C=O) groups excluding carboxylic acids is 1. The number of nitrogens with two attached hydrogens (primary N) is 1. The molecule has 0 radical (unpaired) electrons. The molecule has 1 aromatic carbocycles. The van der Waals surface area contributed by atoms with Gasteiger partial charge in [-0.15, -0.1) is 0 Å². The third-order valence-corrected chi connectivity index (χ3v) is 3.30. The molecule has 3 N–H and O–H groups in total. The number of ether oxygens (including phenoxy) is 1. The fourth-order valence-electron chi connectivity index (χ4n) is 1.96. The van der Waals surface area contributed by atoms with Gasteiger partial charge in [0.1, 0.15) is 18.1 Å². The van der Waals surface area contributed by atoms with E-state index < -0.39 is 5.97 Å². The van der Waals surface area contributed by atoms with E-state index in [1.54, 1.807) is 19.2 Å². The van der Waals surface area contributed by atoms with Crippen LogP contribution in [-0.4, -0.2) is 22.5 Å². The molecule has 24 heavy (non-hydrogen) atoms. The number of esters is 1. The quantitative estimate of drug-likeness (QED) is 0.466. The van der Waals surface area contributed by atoms with Crippen molar-refractivity contribution in [1.82, 2.24) is 9.97 Å². The van der Waals surface area contributed by atoms with Crippen LogP contribution in [0, 0.1) is 0 Å². The summed E-state index contributed by atoms with van der Waals surface area (Å²) in [6, 6.07) is 8.26. The maximum atomic E-state index is 11.3. The third-order valence-electron chi connectivity index (χ3n) is 3.30. The van der Waals surface area contributed by atoms with E-state index in [1.165, 1.54) is 11.6 Å². The van der Waals surface area contributed by atoms with Crippen molar-refractivity contribution in [3.05, 3.63) is 83.6 Å². The van der Waals surface area contributed by atoms with E-state index in [2.05, 4.69) is 34.2 Å². The Morgan fingerprint density at radius 1 is 1.29 bits per heavy atom. The van der Waals surface area contributed by atoms with Crippen molar-refractivity contribution < 1.29 is 9.53 Å². The molecule has 0 amide bonds. The maximum absolute atomic E-state index is 11.3. The summed E-state index contributed by atoms with van der Waals surface area (Å²) in [5.41, 5.74) is 7.85. The molecule has 0 fully saturated rings. The van der Waals surface area contributed by atoms with Crippen LogP contribution in [0.1, 0.15) is 23.9 Å². The second-order valence-electron chi connectivity index (χ2n) is 5.08. The monoisotopic (exact) mass is 323 g/mol. The molecule has 0 atom stereocenters. The van der Waals surface area contributed by atoms with E-state index in [0.717, 1.165) is 17.8 Å². The van der Waals surface area contributed by atoms with Gasteiger partial charge in [0, 0.05) is 18.8 Å². The lowest BCUT2D eigenvalue weighted by Crippen LogP contribution is -2.14. The van der Waals surface area contributed by atoms with Gasteiger partial charge in [-0.2, -0.15) is 0 Å². The molecule has 0 saturated heterocycles. The van der Waals surface area contributed by atoms with Crippen molar-refractivity contribution in [2.75, 3.05) is 6.61 Å². The summed E-state index contributed by atoms with van der Waals surface area (Å²) in [5.74, 6) is 0.451. The zero-order chi connectivity index (χ0) is 17.2. The van der Waals surface area contributed by atoms with Crippen LogP contribution in [0.15, 0.2) is 66.7 Å². The Kier molecular flexibility index (Phi) is 6.58. The van der Waals surface area contributed by atoms with Crippen LogP contribution in [0.4, 0.5) is 0 Å². The van der Waals surface area contributed by atoms with Crippen molar-refractivity contribution in [3.8, 4) is 0 Å². The van der Waals surface area contributed by atoms with Gasteiger partial charge < -0.3 is 15.5 Å². The number of nitrogens with one attached hydrogen (secondary N) is 1. The van der Waals surface area contributed by atoms with E-state index in [4.69, 9.17) is 10.5 Å². The molecule has 5 heteroatoms. The van der Waals surface area contributed by atoms with Crippen LogP contribution in [0.3, 0.4) is 0 Å². The molecule has 0 saturated carbocycles. The van der Waals surface area contributed by atoms with Gasteiger partial charge in [-0.05, 0) is 24.1 Å². The minimum atomic E-state index is -0.502. The SMILES string of the molecule is C/C=C(\N)C(=O)OCC=CC=Cc1ccc(Cc2ncc[nH]2)cc1. The minimum Gasteiger partial charge on any atom is -0.457 e. The predicted molar refractivity (Wildman–Crippen MR) is 94.9 cm³/mol. The zero-order valence-electron chi connectivity index (χ0n) is 13.6. The first-order valence-electron chi connectivity index (χ1n) is 7.68. The number of imidazole rings is 1. The van der Waals surface area contributed by atoms with Crippen molar-refractivity contribution in [1.29, 1.82) is 0 Å². The molecule has 2 rings (SSSR count). The fraction of sp³-hybridized carbons (Fsp3) is 0.158. The van der Waals surface area contributed by atoms with Crippen LogP contribution in [0.2, 0.25) is 0 Å². The highest BCUT2D eigenvalue weighted by molar-refractivity contribution is 5.87. The van der Waals surface area contributed by atoms with Gasteiger partial charge in [-0.3, -0.25) is 0 Å². The van der Waals surface area contributed by atoms with Gasteiger partial charge >= 0.3 is 5.97 Å². The fourth-order valence-corrected chi connectivity index (χ4v) is 1.96. The van der Waals surface area contributed by atoms with Crippen LogP contribution in [-0.2, 0) is 16.0 Å². The Morgan fingerprint density at radius 2 is 2.08 bits per heavy atom. The van der Waals surface area contributed by atoms with Gasteiger partial charge in [0.15, 0.2) is 0 Å². The lowest BCUT2D eigenvalue weighted by molar-refractivity contribution is -0.137. The number of benzene rings is 1. The van der Waals surface area contributed by atoms with Gasteiger partial charge in [0.2, 0.25) is 0 Å². The van der Waals surface area contributed by atoms with Crippen LogP contribution in [0.25, 0.3) is 6.08 Å². The summed E-state index contributed by atoms with van der Waals surface area (Å²) in [7, 11) is 0. The molecule has 1 aromatic heterocycles. The Labute approximate surface area is 141 Å². The molecule has 124 valence electrons. The van der Waals surface area contributed by atoms with E-state index in [9.17, 15) is 4.79 Å². The number of aromatic nitrogens is 2. The number of hydrogen-bond donors (Lipinski definition) is 2. The Hall–Kier alpha value is -3.08. The number of H-pyrrole nitrogens is 1. The molecule has 0 bridgehead atoms. The molecule has 0 aliphatic heterocycles. The number of allylic oxidation sites excluding steroid dienone is 3. The molecular weight excluding hydrogens is 302 g/mol. The van der Waals surface area contributed by atoms with Gasteiger partial charge in [0.05, 0.1) is 0 Å². The topological polar surface area (TPSA) is 81.0 Å². The predicted octanol–water partition coefficient (Wildman–Crippen LogP) is 2.98. The third kappa shape index (κ3) is 5.61. The smallest absolute Gasteiger partial charge is 0.354 e. The number of rotatable bonds is 7. The largest absolute Gasteiger partial charge is 0.457 e. The average molecular weight is 323 g/mol. The molecule has 1 heterocycles. The molecular formula is C19H21N3O2. The first-order chi connectivity index (χ1) is 11.7. The number of aromatic amines is 1. The minimum absolute atomic E-state index is 0.119. The van der Waals surface area contributed by atoms with Crippen LogP contribution < -0.4 is 5.73 Å². The summed E-state index contributed by atoms with van der Waals surface area (Å²) in [5, 5.41) is 0. The number of nitrogens with zero attached hydrogens (tertiary/aromatic N) is 1. The van der Waals surface area contributed by atoms with Gasteiger partial charge in [-0.25, -0.2) is 9.78 Å². The van der Waals surface area contributed by atoms with Crippen molar-refractivity contribution in [2.24, 2.45) is 5.73 Å². The van der Waals surface area contributed by atoms with E-state index in [1.807, 2.05) is 24.4 Å². The average Bonchev–Trinajstić information content (AvgIpc) is 3.11. The highest BCUT2D eigenvalue weighted by Gasteiger charge is 2.02. The van der Waals surface area contributed by atoms with E-state index >= 15 is 0 Å². The van der Waals surface area contributed by atoms with Gasteiger partial charge in [-0.1, -0.05) is 48.6 Å². The van der Waals surface area contributed by atoms with Gasteiger partial charge in [0.25, 0.3) is 0 Å². The number of hydrogen-bond acceptors (Lipinski definition) is 4. The first-order valence-corrected chi connectivity index (χ1v) is 7.68. The lowest BCUT2D eigenvalue weighted by atomic mass is 10.1. The second-order valence-corrected chi connectivity index (χ2v) is 5.08. The van der Waals surface area contributed by atoms with Crippen molar-refractivity contribution in [3.63, 3.8) is 0 Å². The van der Waals surface area contributed by atoms with E-state index in [0.29, 0.717) is 0 Å². The normalized spacial score (nSPS) is 12.1. The Balaban J connectivity index is 1.77.